The summed E-state index contributed by atoms with van der Waals surface area (Å²) in [4.78, 5) is 24.7. The highest BCUT2D eigenvalue weighted by molar-refractivity contribution is 5.93. The van der Waals surface area contributed by atoms with Crippen LogP contribution in [-0.2, 0) is 11.8 Å². The van der Waals surface area contributed by atoms with Crippen LogP contribution in [0.3, 0.4) is 0 Å². The Morgan fingerprint density at radius 1 is 1.25 bits per heavy atom. The summed E-state index contributed by atoms with van der Waals surface area (Å²) in [6, 6.07) is 7.37. The fourth-order valence-corrected chi connectivity index (χ4v) is 4.15. The third-order valence-electron chi connectivity index (χ3n) is 5.55. The maximum atomic E-state index is 12.8. The quantitative estimate of drug-likeness (QED) is 0.492. The lowest BCUT2D eigenvalue weighted by Gasteiger charge is -2.25. The maximum absolute atomic E-state index is 12.8. The van der Waals surface area contributed by atoms with Crippen LogP contribution in [0.25, 0.3) is 27.9 Å². The predicted octanol–water partition coefficient (Wildman–Crippen LogP) is 1.55. The summed E-state index contributed by atoms with van der Waals surface area (Å²) in [6.45, 7) is 7.38. The summed E-state index contributed by atoms with van der Waals surface area (Å²) in [7, 11) is 1.86. The number of nitrogens with zero attached hydrogens (tertiary/aromatic N) is 7. The van der Waals surface area contributed by atoms with E-state index in [2.05, 4.69) is 34.5 Å². The minimum Gasteiger partial charge on any atom is -0.353 e. The summed E-state index contributed by atoms with van der Waals surface area (Å²) in [5, 5.41) is 16.2. The first-order chi connectivity index (χ1) is 15.5. The van der Waals surface area contributed by atoms with E-state index in [4.69, 9.17) is 15.1 Å². The number of amides is 1. The molecule has 10 nitrogen and oxygen atoms in total. The van der Waals surface area contributed by atoms with Crippen LogP contribution in [0.15, 0.2) is 36.7 Å². The summed E-state index contributed by atoms with van der Waals surface area (Å²) >= 11 is 0. The first kappa shape index (κ1) is 20.4. The van der Waals surface area contributed by atoms with Crippen molar-refractivity contribution in [2.75, 3.05) is 31.5 Å². The van der Waals surface area contributed by atoms with Crippen molar-refractivity contribution >= 4 is 28.4 Å². The molecule has 0 unspecified atom stereocenters. The monoisotopic (exact) mass is 433 g/mol. The summed E-state index contributed by atoms with van der Waals surface area (Å²) in [5.41, 5.74) is 2.30. The van der Waals surface area contributed by atoms with Crippen LogP contribution < -0.4 is 10.6 Å². The molecular formula is C22H27N9O. The van der Waals surface area contributed by atoms with Crippen molar-refractivity contribution < 1.29 is 4.79 Å². The molecule has 0 radical (unpaired) electrons. The van der Waals surface area contributed by atoms with E-state index in [1.165, 1.54) is 0 Å². The zero-order valence-electron chi connectivity index (χ0n) is 18.5. The third kappa shape index (κ3) is 3.89. The van der Waals surface area contributed by atoms with E-state index >= 15 is 0 Å². The molecule has 5 rings (SSSR count). The fourth-order valence-electron chi connectivity index (χ4n) is 4.15. The zero-order chi connectivity index (χ0) is 22.2. The van der Waals surface area contributed by atoms with Crippen LogP contribution in [0.1, 0.15) is 13.8 Å². The Bertz CT molecular complexity index is 1280. The molecule has 1 saturated heterocycles. The van der Waals surface area contributed by atoms with Crippen molar-refractivity contribution in [1.29, 1.82) is 0 Å². The number of aryl methyl sites for hydroxylation is 1. The Hall–Kier alpha value is -3.53. The molecule has 4 heterocycles. The van der Waals surface area contributed by atoms with Crippen LogP contribution in [0.5, 0.6) is 0 Å². The van der Waals surface area contributed by atoms with Crippen LogP contribution >= 0.6 is 0 Å². The predicted molar refractivity (Wildman–Crippen MR) is 122 cm³/mol. The van der Waals surface area contributed by atoms with E-state index in [1.54, 1.807) is 15.4 Å². The number of anilines is 1. The fraction of sp³-hybridized carbons (Fsp3) is 0.409. The zero-order valence-corrected chi connectivity index (χ0v) is 18.5. The summed E-state index contributed by atoms with van der Waals surface area (Å²) in [6.07, 6.45) is 3.61. The lowest BCUT2D eigenvalue weighted by Crippen LogP contribution is -2.43. The second-order valence-corrected chi connectivity index (χ2v) is 8.67. The second kappa shape index (κ2) is 8.19. The number of benzene rings is 1. The van der Waals surface area contributed by atoms with Crippen molar-refractivity contribution in [3.63, 3.8) is 0 Å². The van der Waals surface area contributed by atoms with Crippen molar-refractivity contribution in [2.45, 2.75) is 19.9 Å². The number of para-hydroxylation sites is 1. The van der Waals surface area contributed by atoms with E-state index in [1.807, 2.05) is 37.5 Å². The largest absolute Gasteiger partial charge is 0.353 e. The van der Waals surface area contributed by atoms with Gasteiger partial charge in [0.2, 0.25) is 11.9 Å². The molecule has 10 heteroatoms. The first-order valence-corrected chi connectivity index (χ1v) is 10.9. The minimum atomic E-state index is -0.445. The van der Waals surface area contributed by atoms with Crippen molar-refractivity contribution in [3.8, 4) is 11.4 Å². The van der Waals surface area contributed by atoms with Gasteiger partial charge in [0, 0.05) is 44.8 Å². The maximum Gasteiger partial charge on any atom is 0.243 e. The van der Waals surface area contributed by atoms with Crippen molar-refractivity contribution in [3.05, 3.63) is 36.7 Å². The number of nitrogens with one attached hydrogen (secondary N) is 2. The summed E-state index contributed by atoms with van der Waals surface area (Å²) in [5.74, 6) is 1.54. The number of rotatable bonds is 5. The van der Waals surface area contributed by atoms with Crippen LogP contribution in [0.2, 0.25) is 0 Å². The van der Waals surface area contributed by atoms with E-state index in [0.717, 1.165) is 29.6 Å². The Labute approximate surface area is 185 Å². The molecule has 1 aliphatic rings. The summed E-state index contributed by atoms with van der Waals surface area (Å²) < 4.78 is 3.41. The molecular weight excluding hydrogens is 406 g/mol. The molecule has 166 valence electrons. The number of hydrogen-bond acceptors (Lipinski definition) is 7. The number of fused-ring (bicyclic) bond motifs is 3. The van der Waals surface area contributed by atoms with E-state index < -0.39 is 6.04 Å². The Balaban J connectivity index is 1.57. The Morgan fingerprint density at radius 2 is 2.09 bits per heavy atom. The second-order valence-electron chi connectivity index (χ2n) is 8.67. The highest BCUT2D eigenvalue weighted by Gasteiger charge is 2.27. The van der Waals surface area contributed by atoms with Crippen molar-refractivity contribution in [2.24, 2.45) is 13.0 Å². The van der Waals surface area contributed by atoms with E-state index in [0.29, 0.717) is 36.4 Å². The molecule has 1 aromatic carbocycles. The smallest absolute Gasteiger partial charge is 0.243 e. The number of carbonyl (C=O) groups excluding carboxylic acids is 1. The third-order valence-corrected chi connectivity index (χ3v) is 5.55. The van der Waals surface area contributed by atoms with E-state index in [9.17, 15) is 4.79 Å². The van der Waals surface area contributed by atoms with Crippen LogP contribution in [-0.4, -0.2) is 72.4 Å². The lowest BCUT2D eigenvalue weighted by molar-refractivity contribution is -0.121. The molecule has 32 heavy (non-hydrogen) atoms. The van der Waals surface area contributed by atoms with Gasteiger partial charge in [-0.1, -0.05) is 26.0 Å². The number of carbonyl (C=O) groups is 1. The number of aromatic nitrogens is 6. The Kier molecular flexibility index (Phi) is 5.22. The molecule has 4 aromatic rings. The molecule has 2 N–H and O–H groups in total. The molecule has 1 atom stereocenters. The normalized spacial score (nSPS) is 17.8. The van der Waals surface area contributed by atoms with Crippen LogP contribution in [0, 0.1) is 5.92 Å². The highest BCUT2D eigenvalue weighted by atomic mass is 16.2. The van der Waals surface area contributed by atoms with Crippen LogP contribution in [0.4, 0.5) is 5.95 Å². The topological polar surface area (TPSA) is 105 Å². The van der Waals surface area contributed by atoms with Gasteiger partial charge in [-0.2, -0.15) is 9.61 Å². The van der Waals surface area contributed by atoms with Gasteiger partial charge in [0.15, 0.2) is 11.5 Å². The molecule has 0 bridgehead atoms. The van der Waals surface area contributed by atoms with Gasteiger partial charge in [-0.3, -0.25) is 14.4 Å². The van der Waals surface area contributed by atoms with Gasteiger partial charge in [-0.15, -0.1) is 5.10 Å². The van der Waals surface area contributed by atoms with Gasteiger partial charge in [-0.05, 0) is 18.1 Å². The first-order valence-electron chi connectivity index (χ1n) is 10.9. The molecule has 0 saturated carbocycles. The molecule has 1 aliphatic heterocycles. The highest BCUT2D eigenvalue weighted by Crippen LogP contribution is 2.24. The SMILES string of the molecule is CC(C)CN1CCNC(=O)[C@@H](Nc2nc3ccccc3c3nc(-c4cnn(C)c4)nn23)C1. The average Bonchev–Trinajstić information content (AvgIpc) is 3.35. The molecule has 1 fully saturated rings. The molecule has 0 spiro atoms. The van der Waals surface area contributed by atoms with Gasteiger partial charge in [0.05, 0.1) is 17.3 Å². The van der Waals surface area contributed by atoms with E-state index in [-0.39, 0.29) is 5.91 Å². The Morgan fingerprint density at radius 3 is 2.88 bits per heavy atom. The van der Waals surface area contributed by atoms with Gasteiger partial charge in [-0.25, -0.2) is 9.97 Å². The average molecular weight is 434 g/mol. The van der Waals surface area contributed by atoms with Gasteiger partial charge in [0.1, 0.15) is 6.04 Å². The molecule has 3 aromatic heterocycles. The van der Waals surface area contributed by atoms with Crippen molar-refractivity contribution in [1.82, 2.24) is 39.6 Å². The number of hydrogen-bond donors (Lipinski definition) is 2. The molecule has 0 aliphatic carbocycles. The standard InChI is InChI=1S/C22H27N9O/c1-14(2)11-30-9-8-23-21(32)18(13-30)26-22-25-17-7-5-4-6-16(17)20-27-19(28-31(20)22)15-10-24-29(3)12-15/h4-7,10,12,14,18H,8-9,11,13H2,1-3H3,(H,23,32)(H,25,26)/t18-/m0/s1. The molecule has 1 amide bonds. The lowest BCUT2D eigenvalue weighted by atomic mass is 10.2. The minimum absolute atomic E-state index is 0.0352. The van der Waals surface area contributed by atoms with Gasteiger partial charge in [0.25, 0.3) is 0 Å². The van der Waals surface area contributed by atoms with Gasteiger partial charge < -0.3 is 10.6 Å². The van der Waals surface area contributed by atoms with Gasteiger partial charge >= 0.3 is 0 Å².